The van der Waals surface area contributed by atoms with Gasteiger partial charge in [0.25, 0.3) is 5.91 Å². The second-order valence-corrected chi connectivity index (χ2v) is 6.44. The van der Waals surface area contributed by atoms with Gasteiger partial charge in [0.1, 0.15) is 17.3 Å². The minimum absolute atomic E-state index is 0.216. The minimum Gasteiger partial charge on any atom is -0.368 e. The van der Waals surface area contributed by atoms with E-state index in [0.29, 0.717) is 23.1 Å². The molecule has 0 saturated carbocycles. The standard InChI is InChI=1S/C20H18ClFN4O/c1-13-10-15(21)4-7-17(13)26-20(27)18-11-25-19(12-24-18)23-9-8-14-2-5-16(22)6-3-14/h2-7,10-12H,8-9H2,1H3,(H,23,25)(H,26,27). The first-order chi connectivity index (χ1) is 13.0. The van der Waals surface area contributed by atoms with Crippen molar-refractivity contribution in [3.8, 4) is 0 Å². The fourth-order valence-electron chi connectivity index (χ4n) is 2.48. The zero-order chi connectivity index (χ0) is 19.2. The van der Waals surface area contributed by atoms with Crippen LogP contribution in [0, 0.1) is 12.7 Å². The predicted molar refractivity (Wildman–Crippen MR) is 105 cm³/mol. The van der Waals surface area contributed by atoms with Gasteiger partial charge in [0.2, 0.25) is 0 Å². The van der Waals surface area contributed by atoms with Crippen LogP contribution in [0.15, 0.2) is 54.9 Å². The third kappa shape index (κ3) is 5.24. The number of hydrogen-bond donors (Lipinski definition) is 2. The maximum absolute atomic E-state index is 12.9. The van der Waals surface area contributed by atoms with Gasteiger partial charge in [-0.2, -0.15) is 0 Å². The van der Waals surface area contributed by atoms with Crippen LogP contribution < -0.4 is 10.6 Å². The second-order valence-electron chi connectivity index (χ2n) is 6.00. The molecule has 1 amide bonds. The van der Waals surface area contributed by atoms with E-state index in [1.165, 1.54) is 24.5 Å². The number of carbonyl (C=O) groups excluding carboxylic acids is 1. The van der Waals surface area contributed by atoms with E-state index in [2.05, 4.69) is 20.6 Å². The molecule has 0 aliphatic rings. The number of aromatic nitrogens is 2. The first-order valence-corrected chi connectivity index (χ1v) is 8.77. The van der Waals surface area contributed by atoms with Crippen LogP contribution in [0.25, 0.3) is 0 Å². The van der Waals surface area contributed by atoms with Crippen LogP contribution >= 0.6 is 11.6 Å². The highest BCUT2D eigenvalue weighted by Crippen LogP contribution is 2.20. The number of halogens is 2. The molecular formula is C20H18ClFN4O. The molecule has 2 aromatic carbocycles. The van der Waals surface area contributed by atoms with E-state index in [4.69, 9.17) is 11.6 Å². The average Bonchev–Trinajstić information content (AvgIpc) is 2.66. The molecule has 2 N–H and O–H groups in total. The molecule has 5 nitrogen and oxygen atoms in total. The van der Waals surface area contributed by atoms with Crippen molar-refractivity contribution >= 4 is 29.0 Å². The summed E-state index contributed by atoms with van der Waals surface area (Å²) in [7, 11) is 0. The van der Waals surface area contributed by atoms with Crippen molar-refractivity contribution in [3.63, 3.8) is 0 Å². The van der Waals surface area contributed by atoms with Crippen LogP contribution in [-0.4, -0.2) is 22.4 Å². The van der Waals surface area contributed by atoms with Crippen molar-refractivity contribution in [3.05, 3.63) is 82.5 Å². The van der Waals surface area contributed by atoms with Gasteiger partial charge in [0.15, 0.2) is 0 Å². The zero-order valence-corrected chi connectivity index (χ0v) is 15.4. The van der Waals surface area contributed by atoms with Crippen LogP contribution in [0.1, 0.15) is 21.6 Å². The molecule has 1 aromatic heterocycles. The molecule has 27 heavy (non-hydrogen) atoms. The van der Waals surface area contributed by atoms with Gasteiger partial charge < -0.3 is 10.6 Å². The van der Waals surface area contributed by atoms with Crippen molar-refractivity contribution in [2.45, 2.75) is 13.3 Å². The zero-order valence-electron chi connectivity index (χ0n) is 14.7. The highest BCUT2D eigenvalue weighted by molar-refractivity contribution is 6.30. The molecule has 1 heterocycles. The average molecular weight is 385 g/mol. The van der Waals surface area contributed by atoms with Gasteiger partial charge in [0, 0.05) is 17.3 Å². The minimum atomic E-state index is -0.342. The monoisotopic (exact) mass is 384 g/mol. The van der Waals surface area contributed by atoms with E-state index < -0.39 is 0 Å². The quantitative estimate of drug-likeness (QED) is 0.657. The summed E-state index contributed by atoms with van der Waals surface area (Å²) in [6.45, 7) is 2.48. The van der Waals surface area contributed by atoms with Crippen LogP contribution in [0.3, 0.4) is 0 Å². The smallest absolute Gasteiger partial charge is 0.275 e. The Bertz CT molecular complexity index is 930. The van der Waals surface area contributed by atoms with E-state index in [0.717, 1.165) is 17.5 Å². The first kappa shape index (κ1) is 18.8. The number of aryl methyl sites for hydroxylation is 1. The van der Waals surface area contributed by atoms with Crippen molar-refractivity contribution < 1.29 is 9.18 Å². The number of carbonyl (C=O) groups is 1. The van der Waals surface area contributed by atoms with E-state index in [9.17, 15) is 9.18 Å². The molecule has 0 aliphatic heterocycles. The third-order valence-corrected chi connectivity index (χ3v) is 4.19. The highest BCUT2D eigenvalue weighted by Gasteiger charge is 2.10. The SMILES string of the molecule is Cc1cc(Cl)ccc1NC(=O)c1cnc(NCCc2ccc(F)cc2)cn1. The maximum atomic E-state index is 12.9. The topological polar surface area (TPSA) is 66.9 Å². The summed E-state index contributed by atoms with van der Waals surface area (Å²) >= 11 is 5.92. The number of benzene rings is 2. The van der Waals surface area contributed by atoms with E-state index in [1.807, 2.05) is 6.92 Å². The summed E-state index contributed by atoms with van der Waals surface area (Å²) in [6, 6.07) is 11.6. The normalized spacial score (nSPS) is 10.5. The molecule has 0 aliphatic carbocycles. The highest BCUT2D eigenvalue weighted by atomic mass is 35.5. The first-order valence-electron chi connectivity index (χ1n) is 8.39. The molecule has 0 radical (unpaired) electrons. The molecule has 3 aromatic rings. The Kier molecular flexibility index (Phi) is 5.98. The summed E-state index contributed by atoms with van der Waals surface area (Å²) in [5, 5.41) is 6.53. The van der Waals surface area contributed by atoms with Crippen LogP contribution in [-0.2, 0) is 6.42 Å². The van der Waals surface area contributed by atoms with Crippen molar-refractivity contribution in [1.29, 1.82) is 0 Å². The lowest BCUT2D eigenvalue weighted by atomic mass is 10.1. The third-order valence-electron chi connectivity index (χ3n) is 3.95. The molecule has 0 atom stereocenters. The van der Waals surface area contributed by atoms with Crippen molar-refractivity contribution in [2.75, 3.05) is 17.2 Å². The summed E-state index contributed by atoms with van der Waals surface area (Å²) in [5.74, 6) is -0.0256. The number of hydrogen-bond acceptors (Lipinski definition) is 4. The number of nitrogens with zero attached hydrogens (tertiary/aromatic N) is 2. The predicted octanol–water partition coefficient (Wildman–Crippen LogP) is 4.48. The molecule has 0 unspecified atom stereocenters. The lowest BCUT2D eigenvalue weighted by Crippen LogP contribution is -2.15. The van der Waals surface area contributed by atoms with E-state index in [-0.39, 0.29) is 17.4 Å². The van der Waals surface area contributed by atoms with Crippen LogP contribution in [0.5, 0.6) is 0 Å². The Balaban J connectivity index is 1.54. The Morgan fingerprint density at radius 2 is 1.89 bits per heavy atom. The Morgan fingerprint density at radius 1 is 1.11 bits per heavy atom. The number of amides is 1. The van der Waals surface area contributed by atoms with Crippen molar-refractivity contribution in [1.82, 2.24) is 9.97 Å². The Morgan fingerprint density at radius 3 is 2.56 bits per heavy atom. The maximum Gasteiger partial charge on any atom is 0.275 e. The number of anilines is 2. The molecule has 138 valence electrons. The van der Waals surface area contributed by atoms with Gasteiger partial charge >= 0.3 is 0 Å². The molecule has 7 heteroatoms. The molecule has 0 bridgehead atoms. The van der Waals surface area contributed by atoms with Gasteiger partial charge in [-0.1, -0.05) is 23.7 Å². The largest absolute Gasteiger partial charge is 0.368 e. The fourth-order valence-corrected chi connectivity index (χ4v) is 2.70. The van der Waals surface area contributed by atoms with Gasteiger partial charge in [-0.25, -0.2) is 14.4 Å². The van der Waals surface area contributed by atoms with Gasteiger partial charge in [-0.05, 0) is 54.8 Å². The molecule has 3 rings (SSSR count). The molecule has 0 fully saturated rings. The number of nitrogens with one attached hydrogen (secondary N) is 2. The summed E-state index contributed by atoms with van der Waals surface area (Å²) in [5.41, 5.74) is 2.77. The van der Waals surface area contributed by atoms with Crippen LogP contribution in [0.4, 0.5) is 15.9 Å². The molecular weight excluding hydrogens is 367 g/mol. The molecule has 0 spiro atoms. The second kappa shape index (κ2) is 8.60. The summed E-state index contributed by atoms with van der Waals surface area (Å²) < 4.78 is 12.9. The van der Waals surface area contributed by atoms with Gasteiger partial charge in [-0.15, -0.1) is 0 Å². The van der Waals surface area contributed by atoms with Gasteiger partial charge in [0.05, 0.1) is 12.4 Å². The lowest BCUT2D eigenvalue weighted by molar-refractivity contribution is 0.102. The summed E-state index contributed by atoms with van der Waals surface area (Å²) in [4.78, 5) is 20.6. The Hall–Kier alpha value is -2.99. The Labute approximate surface area is 161 Å². The number of rotatable bonds is 6. The van der Waals surface area contributed by atoms with Crippen LogP contribution in [0.2, 0.25) is 5.02 Å². The van der Waals surface area contributed by atoms with E-state index >= 15 is 0 Å². The van der Waals surface area contributed by atoms with Gasteiger partial charge in [-0.3, -0.25) is 4.79 Å². The molecule has 0 saturated heterocycles. The van der Waals surface area contributed by atoms with Crippen molar-refractivity contribution in [2.24, 2.45) is 0 Å². The lowest BCUT2D eigenvalue weighted by Gasteiger charge is -2.09. The fraction of sp³-hybridized carbons (Fsp3) is 0.150. The van der Waals surface area contributed by atoms with E-state index in [1.54, 1.807) is 30.3 Å². The summed E-state index contributed by atoms with van der Waals surface area (Å²) in [6.07, 6.45) is 3.65.